The monoisotopic (exact) mass is 307 g/mol. The molecule has 0 aliphatic rings. The van der Waals surface area contributed by atoms with Gasteiger partial charge in [-0.1, -0.05) is 24.8 Å². The second kappa shape index (κ2) is 6.40. The first-order valence-corrected chi connectivity index (χ1v) is 7.18. The molecule has 110 valence electrons. The minimum atomic E-state index is -0.926. The zero-order valence-corrected chi connectivity index (χ0v) is 12.0. The maximum atomic E-state index is 10.8. The quantitative estimate of drug-likeness (QED) is 0.500. The molecule has 1 N–H and O–H groups in total. The first-order valence-electron chi connectivity index (χ1n) is 6.19. The number of hydrogen-bond donors (Lipinski definition) is 1. The van der Waals surface area contributed by atoms with Gasteiger partial charge in [0.05, 0.1) is 22.1 Å². The van der Waals surface area contributed by atoms with Crippen LogP contribution in [0.5, 0.6) is 0 Å². The summed E-state index contributed by atoms with van der Waals surface area (Å²) in [5.74, 6) is -1.02. The fourth-order valence-corrected chi connectivity index (χ4v) is 2.50. The van der Waals surface area contributed by atoms with Gasteiger partial charge < -0.3 is 5.11 Å². The predicted octanol–water partition coefficient (Wildman–Crippen LogP) is 2.52. The zero-order valence-electron chi connectivity index (χ0n) is 11.2. The number of nitrogens with zero attached hydrogens (tertiary/aromatic N) is 3. The Kier molecular flexibility index (Phi) is 4.59. The third-order valence-electron chi connectivity index (χ3n) is 2.72. The van der Waals surface area contributed by atoms with Gasteiger partial charge >= 0.3 is 5.97 Å². The van der Waals surface area contributed by atoms with Gasteiger partial charge in [-0.05, 0) is 18.6 Å². The molecule has 0 saturated carbocycles. The molecule has 0 amide bonds. The number of carboxylic acid groups (broad SMARTS) is 1. The number of aromatic nitrogens is 2. The predicted molar refractivity (Wildman–Crippen MR) is 78.0 cm³/mol. The number of non-ortho nitro benzene ring substituents is 1. The molecule has 2 aromatic rings. The lowest BCUT2D eigenvalue weighted by Gasteiger charge is -2.05. The summed E-state index contributed by atoms with van der Waals surface area (Å²) < 4.78 is 1.54. The SMILES string of the molecule is CCc1cc(SCC(=O)O)n(-c2cccc([N+](=O)[O-])c2)n1. The van der Waals surface area contributed by atoms with E-state index in [4.69, 9.17) is 5.11 Å². The summed E-state index contributed by atoms with van der Waals surface area (Å²) in [4.78, 5) is 21.1. The van der Waals surface area contributed by atoms with Crippen molar-refractivity contribution in [2.24, 2.45) is 0 Å². The highest BCUT2D eigenvalue weighted by Crippen LogP contribution is 2.25. The number of thioether (sulfide) groups is 1. The molecule has 0 saturated heterocycles. The number of hydrogen-bond acceptors (Lipinski definition) is 5. The molecule has 2 rings (SSSR count). The number of rotatable bonds is 6. The molecule has 21 heavy (non-hydrogen) atoms. The van der Waals surface area contributed by atoms with Gasteiger partial charge in [-0.15, -0.1) is 0 Å². The third-order valence-corrected chi connectivity index (χ3v) is 3.70. The van der Waals surface area contributed by atoms with Gasteiger partial charge in [-0.2, -0.15) is 5.10 Å². The first-order chi connectivity index (χ1) is 10.0. The topological polar surface area (TPSA) is 98.3 Å². The van der Waals surface area contributed by atoms with Crippen LogP contribution in [0.15, 0.2) is 35.4 Å². The lowest BCUT2D eigenvalue weighted by Crippen LogP contribution is -2.03. The van der Waals surface area contributed by atoms with E-state index >= 15 is 0 Å². The largest absolute Gasteiger partial charge is 0.481 e. The molecule has 7 nitrogen and oxygen atoms in total. The molecule has 0 spiro atoms. The molecule has 1 aromatic heterocycles. The number of aliphatic carboxylic acids is 1. The number of nitro groups is 1. The summed E-state index contributed by atoms with van der Waals surface area (Å²) in [6.07, 6.45) is 0.697. The van der Waals surface area contributed by atoms with Crippen LogP contribution in [-0.4, -0.2) is 31.5 Å². The van der Waals surface area contributed by atoms with Gasteiger partial charge in [-0.25, -0.2) is 4.68 Å². The molecule has 1 aromatic carbocycles. The summed E-state index contributed by atoms with van der Waals surface area (Å²) in [5, 5.41) is 24.6. The Morgan fingerprint density at radius 3 is 2.86 bits per heavy atom. The standard InChI is InChI=1S/C13H13N3O4S/c1-2-9-6-12(21-8-13(17)18)15(14-9)10-4-3-5-11(7-10)16(19)20/h3-7H,2,8H2,1H3,(H,17,18). The molecule has 0 unspecified atom stereocenters. The molecule has 0 radical (unpaired) electrons. The molecule has 0 fully saturated rings. The Morgan fingerprint density at radius 2 is 2.24 bits per heavy atom. The maximum Gasteiger partial charge on any atom is 0.313 e. The molecule has 8 heteroatoms. The van der Waals surface area contributed by atoms with Crippen LogP contribution in [-0.2, 0) is 11.2 Å². The molecular formula is C13H13N3O4S. The van der Waals surface area contributed by atoms with E-state index in [2.05, 4.69) is 5.10 Å². The Bertz CT molecular complexity index is 684. The molecule has 0 aliphatic heterocycles. The van der Waals surface area contributed by atoms with Crippen LogP contribution in [0.4, 0.5) is 5.69 Å². The van der Waals surface area contributed by atoms with E-state index in [1.165, 1.54) is 12.1 Å². The van der Waals surface area contributed by atoms with Gasteiger partial charge in [0.25, 0.3) is 5.69 Å². The van der Waals surface area contributed by atoms with E-state index in [0.29, 0.717) is 17.1 Å². The highest BCUT2D eigenvalue weighted by Gasteiger charge is 2.13. The summed E-state index contributed by atoms with van der Waals surface area (Å²) in [5.41, 5.74) is 1.31. The van der Waals surface area contributed by atoms with Crippen LogP contribution in [0.3, 0.4) is 0 Å². The van der Waals surface area contributed by atoms with E-state index in [0.717, 1.165) is 17.5 Å². The Morgan fingerprint density at radius 1 is 1.48 bits per heavy atom. The number of benzene rings is 1. The van der Waals surface area contributed by atoms with Crippen molar-refractivity contribution in [2.45, 2.75) is 18.4 Å². The van der Waals surface area contributed by atoms with Gasteiger partial charge in [-0.3, -0.25) is 14.9 Å². The second-order valence-electron chi connectivity index (χ2n) is 4.20. The van der Waals surface area contributed by atoms with Crippen LogP contribution in [0.25, 0.3) is 5.69 Å². The van der Waals surface area contributed by atoms with Crippen molar-refractivity contribution < 1.29 is 14.8 Å². The van der Waals surface area contributed by atoms with Gasteiger partial charge in [0.15, 0.2) is 0 Å². The van der Waals surface area contributed by atoms with E-state index in [1.54, 1.807) is 22.9 Å². The smallest absolute Gasteiger partial charge is 0.313 e. The molecule has 0 bridgehead atoms. The van der Waals surface area contributed by atoms with Crippen LogP contribution in [0.2, 0.25) is 0 Å². The molecular weight excluding hydrogens is 294 g/mol. The fourth-order valence-electron chi connectivity index (χ4n) is 1.74. The lowest BCUT2D eigenvalue weighted by atomic mass is 10.3. The Labute approximate surface area is 124 Å². The zero-order chi connectivity index (χ0) is 15.4. The third kappa shape index (κ3) is 3.60. The minimum Gasteiger partial charge on any atom is -0.481 e. The highest BCUT2D eigenvalue weighted by molar-refractivity contribution is 7.99. The average Bonchev–Trinajstić information content (AvgIpc) is 2.88. The van der Waals surface area contributed by atoms with Crippen LogP contribution in [0, 0.1) is 10.1 Å². The number of aryl methyl sites for hydroxylation is 1. The molecule has 0 atom stereocenters. The summed E-state index contributed by atoms with van der Waals surface area (Å²) in [7, 11) is 0. The van der Waals surface area contributed by atoms with Gasteiger partial charge in [0, 0.05) is 12.1 Å². The van der Waals surface area contributed by atoms with Crippen LogP contribution >= 0.6 is 11.8 Å². The van der Waals surface area contributed by atoms with Crippen molar-refractivity contribution in [1.29, 1.82) is 0 Å². The van der Waals surface area contributed by atoms with Gasteiger partial charge in [0.1, 0.15) is 5.03 Å². The average molecular weight is 307 g/mol. The van der Waals surface area contributed by atoms with Crippen molar-refractivity contribution in [3.05, 3.63) is 46.1 Å². The first kappa shape index (κ1) is 15.0. The van der Waals surface area contributed by atoms with E-state index < -0.39 is 10.9 Å². The lowest BCUT2D eigenvalue weighted by molar-refractivity contribution is -0.384. The Balaban J connectivity index is 2.41. The number of carboxylic acids is 1. The maximum absolute atomic E-state index is 10.8. The van der Waals surface area contributed by atoms with Gasteiger partial charge in [0.2, 0.25) is 0 Å². The van der Waals surface area contributed by atoms with E-state index in [-0.39, 0.29) is 11.4 Å². The highest BCUT2D eigenvalue weighted by atomic mass is 32.2. The van der Waals surface area contributed by atoms with Crippen molar-refractivity contribution in [1.82, 2.24) is 9.78 Å². The van der Waals surface area contributed by atoms with E-state index in [1.807, 2.05) is 6.92 Å². The minimum absolute atomic E-state index is 0.0322. The number of carbonyl (C=O) groups is 1. The van der Waals surface area contributed by atoms with Crippen molar-refractivity contribution >= 4 is 23.4 Å². The van der Waals surface area contributed by atoms with Crippen molar-refractivity contribution in [3.8, 4) is 5.69 Å². The van der Waals surface area contributed by atoms with Crippen LogP contribution < -0.4 is 0 Å². The van der Waals surface area contributed by atoms with Crippen LogP contribution in [0.1, 0.15) is 12.6 Å². The summed E-state index contributed by atoms with van der Waals surface area (Å²) in [6, 6.07) is 7.89. The second-order valence-corrected chi connectivity index (χ2v) is 5.19. The number of nitro benzene ring substituents is 1. The van der Waals surface area contributed by atoms with Crippen molar-refractivity contribution in [3.63, 3.8) is 0 Å². The fraction of sp³-hybridized carbons (Fsp3) is 0.231. The normalized spacial score (nSPS) is 10.5. The summed E-state index contributed by atoms with van der Waals surface area (Å²) in [6.45, 7) is 1.94. The summed E-state index contributed by atoms with van der Waals surface area (Å²) >= 11 is 1.13. The van der Waals surface area contributed by atoms with E-state index in [9.17, 15) is 14.9 Å². The van der Waals surface area contributed by atoms with Crippen molar-refractivity contribution in [2.75, 3.05) is 5.75 Å². The molecule has 1 heterocycles. The Hall–Kier alpha value is -2.35. The molecule has 0 aliphatic carbocycles.